The highest BCUT2D eigenvalue weighted by Gasteiger charge is 2.25. The molecule has 1 atom stereocenters. The minimum absolute atomic E-state index is 0.371. The molecule has 0 amide bonds. The van der Waals surface area contributed by atoms with Crippen LogP contribution in [0.3, 0.4) is 0 Å². The summed E-state index contributed by atoms with van der Waals surface area (Å²) >= 11 is 1.73. The molecule has 0 saturated carbocycles. The summed E-state index contributed by atoms with van der Waals surface area (Å²) in [5.74, 6) is 0.428. The highest BCUT2D eigenvalue weighted by Crippen LogP contribution is 2.38. The molecule has 0 fully saturated rings. The predicted octanol–water partition coefficient (Wildman–Crippen LogP) is 4.47. The van der Waals surface area contributed by atoms with Crippen molar-refractivity contribution in [3.63, 3.8) is 0 Å². The van der Waals surface area contributed by atoms with Gasteiger partial charge in [-0.25, -0.2) is 14.8 Å². The average molecular weight is 407 g/mol. The number of carbonyl (C=O) groups is 1. The number of anilines is 1. The molecule has 148 valence electrons. The van der Waals surface area contributed by atoms with Crippen molar-refractivity contribution in [2.75, 3.05) is 5.32 Å². The zero-order chi connectivity index (χ0) is 20.0. The monoisotopic (exact) mass is 406 g/mol. The van der Waals surface area contributed by atoms with Gasteiger partial charge in [0.05, 0.1) is 5.39 Å². The van der Waals surface area contributed by atoms with Crippen LogP contribution in [-0.4, -0.2) is 32.1 Å². The number of aromatic nitrogens is 3. The van der Waals surface area contributed by atoms with Crippen LogP contribution in [0.25, 0.3) is 21.1 Å². The smallest absolute Gasteiger partial charge is 0.326 e. The maximum Gasteiger partial charge on any atom is 0.326 e. The largest absolute Gasteiger partial charge is 0.480 e. The molecule has 0 aliphatic heterocycles. The van der Waals surface area contributed by atoms with Crippen LogP contribution in [-0.2, 0) is 24.1 Å². The number of hydrogen-bond acceptors (Lipinski definition) is 5. The molecule has 29 heavy (non-hydrogen) atoms. The van der Waals surface area contributed by atoms with Crippen LogP contribution in [0.4, 0.5) is 5.82 Å². The van der Waals surface area contributed by atoms with E-state index in [0.29, 0.717) is 18.1 Å². The van der Waals surface area contributed by atoms with Gasteiger partial charge in [0.1, 0.15) is 22.5 Å². The summed E-state index contributed by atoms with van der Waals surface area (Å²) in [4.78, 5) is 26.9. The normalized spacial score (nSPS) is 14.8. The molecule has 7 heteroatoms. The Morgan fingerprint density at radius 1 is 1.28 bits per heavy atom. The van der Waals surface area contributed by atoms with Gasteiger partial charge in [-0.15, -0.1) is 11.3 Å². The number of benzene rings is 1. The van der Waals surface area contributed by atoms with E-state index in [-0.39, 0.29) is 0 Å². The van der Waals surface area contributed by atoms with E-state index in [1.807, 2.05) is 37.4 Å². The number of thiophene rings is 1. The van der Waals surface area contributed by atoms with Crippen molar-refractivity contribution in [1.29, 1.82) is 0 Å². The minimum atomic E-state index is -0.885. The molecule has 0 bridgehead atoms. The van der Waals surface area contributed by atoms with Gasteiger partial charge in [0.2, 0.25) is 0 Å². The average Bonchev–Trinajstić information content (AvgIpc) is 3.28. The molecule has 3 N–H and O–H groups in total. The summed E-state index contributed by atoms with van der Waals surface area (Å²) in [6.45, 7) is 1.86. The quantitative estimate of drug-likeness (QED) is 0.455. The van der Waals surface area contributed by atoms with Crippen molar-refractivity contribution in [1.82, 2.24) is 15.0 Å². The van der Waals surface area contributed by atoms with Gasteiger partial charge in [-0.3, -0.25) is 0 Å². The zero-order valence-electron chi connectivity index (χ0n) is 16.2. The number of aromatic amines is 1. The maximum absolute atomic E-state index is 12.1. The first-order valence-electron chi connectivity index (χ1n) is 9.93. The number of hydrogen-bond donors (Lipinski definition) is 3. The van der Waals surface area contributed by atoms with E-state index in [0.717, 1.165) is 45.9 Å². The van der Waals surface area contributed by atoms with Crippen LogP contribution in [0.5, 0.6) is 0 Å². The van der Waals surface area contributed by atoms with Crippen molar-refractivity contribution in [3.8, 4) is 0 Å². The summed E-state index contributed by atoms with van der Waals surface area (Å²) in [5.41, 5.74) is 3.30. The van der Waals surface area contributed by atoms with Gasteiger partial charge < -0.3 is 15.4 Å². The maximum atomic E-state index is 12.1. The fourth-order valence-corrected chi connectivity index (χ4v) is 5.56. The van der Waals surface area contributed by atoms with Crippen molar-refractivity contribution < 1.29 is 9.90 Å². The van der Waals surface area contributed by atoms with E-state index >= 15 is 0 Å². The second-order valence-corrected chi connectivity index (χ2v) is 8.69. The van der Waals surface area contributed by atoms with Crippen LogP contribution >= 0.6 is 11.3 Å². The van der Waals surface area contributed by atoms with Gasteiger partial charge in [0.15, 0.2) is 0 Å². The number of carboxylic acids is 1. The zero-order valence-corrected chi connectivity index (χ0v) is 17.0. The lowest BCUT2D eigenvalue weighted by atomic mass is 9.97. The van der Waals surface area contributed by atoms with Crippen LogP contribution < -0.4 is 5.32 Å². The molecule has 1 unspecified atom stereocenters. The van der Waals surface area contributed by atoms with Crippen molar-refractivity contribution in [2.45, 2.75) is 45.1 Å². The third-order valence-corrected chi connectivity index (χ3v) is 6.82. The lowest BCUT2D eigenvalue weighted by molar-refractivity contribution is -0.137. The van der Waals surface area contributed by atoms with E-state index in [9.17, 15) is 9.90 Å². The molecule has 1 aromatic carbocycles. The van der Waals surface area contributed by atoms with Crippen molar-refractivity contribution >= 4 is 44.2 Å². The van der Waals surface area contributed by atoms with E-state index in [2.05, 4.69) is 20.3 Å². The fraction of sp³-hybridized carbons (Fsp3) is 0.318. The van der Waals surface area contributed by atoms with Gasteiger partial charge >= 0.3 is 5.97 Å². The van der Waals surface area contributed by atoms with E-state index in [1.54, 1.807) is 11.3 Å². The van der Waals surface area contributed by atoms with Gasteiger partial charge in [-0.05, 0) is 49.8 Å². The molecule has 5 rings (SSSR count). The molecular formula is C22H22N4O2S. The third-order valence-electron chi connectivity index (χ3n) is 5.63. The number of rotatable bonds is 5. The molecule has 3 aromatic heterocycles. The number of H-pyrrole nitrogens is 1. The Morgan fingerprint density at radius 2 is 2.10 bits per heavy atom. The Morgan fingerprint density at radius 3 is 2.97 bits per heavy atom. The Hall–Kier alpha value is -2.93. The number of fused-ring (bicyclic) bond motifs is 4. The Labute approximate surface area is 172 Å². The van der Waals surface area contributed by atoms with Gasteiger partial charge in [-0.1, -0.05) is 18.2 Å². The highest BCUT2D eigenvalue weighted by atomic mass is 32.1. The Kier molecular flexibility index (Phi) is 4.47. The molecular weight excluding hydrogens is 384 g/mol. The number of nitrogens with zero attached hydrogens (tertiary/aromatic N) is 2. The first kappa shape index (κ1) is 18.1. The van der Waals surface area contributed by atoms with Gasteiger partial charge in [0, 0.05) is 28.4 Å². The molecule has 0 spiro atoms. The second kappa shape index (κ2) is 7.15. The van der Waals surface area contributed by atoms with Crippen molar-refractivity contribution in [2.24, 2.45) is 0 Å². The molecule has 6 nitrogen and oxygen atoms in total. The van der Waals surface area contributed by atoms with Gasteiger partial charge in [-0.2, -0.15) is 0 Å². The molecule has 4 aromatic rings. The first-order chi connectivity index (χ1) is 14.1. The summed E-state index contributed by atoms with van der Waals surface area (Å²) in [5, 5.41) is 15.2. The van der Waals surface area contributed by atoms with E-state index < -0.39 is 12.0 Å². The summed E-state index contributed by atoms with van der Waals surface area (Å²) in [6, 6.07) is 7.18. The predicted molar refractivity (Wildman–Crippen MR) is 116 cm³/mol. The van der Waals surface area contributed by atoms with Crippen LogP contribution in [0.2, 0.25) is 0 Å². The standard InChI is InChI=1S/C22H22N4O2S/c1-12-24-20(19-15-7-3-5-9-18(15)29-21(19)25-12)26-17(22(27)28)10-13-11-23-16-8-4-2-6-14(13)16/h2,4,6,8,11,17,23H,3,5,7,9-10H2,1H3,(H,27,28)(H,24,25,26). The third kappa shape index (κ3) is 3.25. The lowest BCUT2D eigenvalue weighted by Gasteiger charge is -2.17. The summed E-state index contributed by atoms with van der Waals surface area (Å²) in [6.07, 6.45) is 6.71. The van der Waals surface area contributed by atoms with Crippen LogP contribution in [0.15, 0.2) is 30.5 Å². The fourth-order valence-electron chi connectivity index (χ4n) is 4.25. The number of aliphatic carboxylic acids is 1. The molecule has 0 radical (unpaired) electrons. The SMILES string of the molecule is Cc1nc(NC(Cc2c[nH]c3ccccc23)C(=O)O)c2c3c(sc2n1)CCCC3. The van der Waals surface area contributed by atoms with E-state index in [4.69, 9.17) is 0 Å². The lowest BCUT2D eigenvalue weighted by Crippen LogP contribution is -2.32. The first-order valence-corrected chi connectivity index (χ1v) is 10.7. The topological polar surface area (TPSA) is 90.9 Å². The molecule has 1 aliphatic carbocycles. The highest BCUT2D eigenvalue weighted by molar-refractivity contribution is 7.19. The van der Waals surface area contributed by atoms with Crippen LogP contribution in [0, 0.1) is 6.92 Å². The Balaban J connectivity index is 1.53. The summed E-state index contributed by atoms with van der Waals surface area (Å²) < 4.78 is 0. The molecule has 0 saturated heterocycles. The number of aryl methyl sites for hydroxylation is 3. The van der Waals surface area contributed by atoms with Gasteiger partial charge in [0.25, 0.3) is 0 Å². The summed E-state index contributed by atoms with van der Waals surface area (Å²) in [7, 11) is 0. The molecule has 1 aliphatic rings. The minimum Gasteiger partial charge on any atom is -0.480 e. The Bertz CT molecular complexity index is 1230. The van der Waals surface area contributed by atoms with Crippen molar-refractivity contribution in [3.05, 3.63) is 52.3 Å². The number of carboxylic acid groups (broad SMARTS) is 1. The molecule has 3 heterocycles. The number of para-hydroxylation sites is 1. The second-order valence-electron chi connectivity index (χ2n) is 7.61. The van der Waals surface area contributed by atoms with E-state index in [1.165, 1.54) is 16.9 Å². The van der Waals surface area contributed by atoms with Crippen LogP contribution in [0.1, 0.15) is 34.7 Å². The number of nitrogens with one attached hydrogen (secondary N) is 2.